The molecular formula is C18H28N4O3S. The smallest absolute Gasteiger partial charge is 0.254 e. The van der Waals surface area contributed by atoms with Crippen LogP contribution < -0.4 is 10.2 Å². The van der Waals surface area contributed by atoms with Crippen LogP contribution in [0.1, 0.15) is 62.2 Å². The summed E-state index contributed by atoms with van der Waals surface area (Å²) in [6, 6.07) is 0.149. The molecule has 1 aromatic rings. The monoisotopic (exact) mass is 380 g/mol. The van der Waals surface area contributed by atoms with Crippen LogP contribution >= 0.6 is 0 Å². The first kappa shape index (κ1) is 19.1. The van der Waals surface area contributed by atoms with Crippen LogP contribution in [0.4, 0.5) is 5.95 Å². The number of hydrogen-bond donors (Lipinski definition) is 1. The van der Waals surface area contributed by atoms with Crippen molar-refractivity contribution in [2.45, 2.75) is 64.0 Å². The normalized spacial score (nSPS) is 23.3. The van der Waals surface area contributed by atoms with Gasteiger partial charge in [-0.3, -0.25) is 4.79 Å². The molecule has 1 saturated carbocycles. The fourth-order valence-electron chi connectivity index (χ4n) is 3.86. The summed E-state index contributed by atoms with van der Waals surface area (Å²) in [7, 11) is -2.96. The lowest BCUT2D eigenvalue weighted by molar-refractivity contribution is 0.0932. The van der Waals surface area contributed by atoms with E-state index >= 15 is 0 Å². The highest BCUT2D eigenvalue weighted by molar-refractivity contribution is 7.91. The largest absolute Gasteiger partial charge is 0.349 e. The van der Waals surface area contributed by atoms with Crippen LogP contribution in [0.2, 0.25) is 0 Å². The molecule has 1 aliphatic heterocycles. The Kier molecular flexibility index (Phi) is 6.11. The van der Waals surface area contributed by atoms with E-state index in [1.807, 2.05) is 11.8 Å². The van der Waals surface area contributed by atoms with E-state index in [1.165, 1.54) is 12.8 Å². The van der Waals surface area contributed by atoms with Crippen LogP contribution in [0.3, 0.4) is 0 Å². The van der Waals surface area contributed by atoms with Gasteiger partial charge in [0.1, 0.15) is 0 Å². The molecular weight excluding hydrogens is 352 g/mol. The number of nitrogens with one attached hydrogen (secondary N) is 1. The molecule has 1 aromatic heterocycles. The lowest BCUT2D eigenvalue weighted by Gasteiger charge is -2.26. The molecule has 0 radical (unpaired) electrons. The molecule has 0 spiro atoms. The molecule has 26 heavy (non-hydrogen) atoms. The van der Waals surface area contributed by atoms with Crippen molar-refractivity contribution in [3.8, 4) is 0 Å². The summed E-state index contributed by atoms with van der Waals surface area (Å²) in [5, 5.41) is 3.09. The number of carbonyl (C=O) groups is 1. The quantitative estimate of drug-likeness (QED) is 0.785. The third kappa shape index (κ3) is 4.72. The van der Waals surface area contributed by atoms with E-state index in [0.717, 1.165) is 25.7 Å². The van der Waals surface area contributed by atoms with Gasteiger partial charge in [0.05, 0.1) is 17.1 Å². The summed E-state index contributed by atoms with van der Waals surface area (Å²) in [6.07, 6.45) is 10.6. The number of carbonyl (C=O) groups excluding carboxylic acids is 1. The standard InChI is InChI=1S/C18H28N4O3S/c1-2-22(16-9-10-26(24,25)13-16)18-19-11-14(12-20-18)17(23)21-15-7-5-3-4-6-8-15/h11-12,15-16H,2-10,13H2,1H3,(H,21,23). The lowest BCUT2D eigenvalue weighted by atomic mass is 10.1. The molecule has 1 saturated heterocycles. The highest BCUT2D eigenvalue weighted by Crippen LogP contribution is 2.21. The number of rotatable bonds is 5. The molecule has 1 aliphatic carbocycles. The van der Waals surface area contributed by atoms with E-state index in [0.29, 0.717) is 24.5 Å². The van der Waals surface area contributed by atoms with Crippen molar-refractivity contribution in [3.63, 3.8) is 0 Å². The summed E-state index contributed by atoms with van der Waals surface area (Å²) in [5.74, 6) is 0.722. The first-order valence-corrected chi connectivity index (χ1v) is 11.4. The van der Waals surface area contributed by atoms with Crippen molar-refractivity contribution >= 4 is 21.7 Å². The summed E-state index contributed by atoms with van der Waals surface area (Å²) < 4.78 is 23.5. The maximum Gasteiger partial charge on any atom is 0.254 e. The molecule has 2 aliphatic rings. The van der Waals surface area contributed by atoms with Crippen molar-refractivity contribution in [2.24, 2.45) is 0 Å². The second-order valence-electron chi connectivity index (χ2n) is 7.28. The first-order valence-electron chi connectivity index (χ1n) is 9.58. The Morgan fingerprint density at radius 2 is 1.81 bits per heavy atom. The van der Waals surface area contributed by atoms with Crippen LogP contribution in [0.15, 0.2) is 12.4 Å². The average Bonchev–Trinajstić information content (AvgIpc) is 2.82. The summed E-state index contributed by atoms with van der Waals surface area (Å²) in [6.45, 7) is 2.59. The van der Waals surface area contributed by atoms with Gasteiger partial charge in [0, 0.05) is 31.0 Å². The molecule has 1 atom stereocenters. The van der Waals surface area contributed by atoms with Crippen LogP contribution in [-0.4, -0.2) is 54.4 Å². The molecule has 3 rings (SSSR count). The highest BCUT2D eigenvalue weighted by atomic mass is 32.2. The number of aromatic nitrogens is 2. The lowest BCUT2D eigenvalue weighted by Crippen LogP contribution is -2.38. The first-order chi connectivity index (χ1) is 12.5. The zero-order valence-corrected chi connectivity index (χ0v) is 16.2. The average molecular weight is 381 g/mol. The zero-order chi connectivity index (χ0) is 18.6. The second kappa shape index (κ2) is 8.33. The fourth-order valence-corrected chi connectivity index (χ4v) is 5.59. The van der Waals surface area contributed by atoms with Crippen LogP contribution in [-0.2, 0) is 9.84 Å². The Balaban J connectivity index is 1.64. The SMILES string of the molecule is CCN(c1ncc(C(=O)NC2CCCCCC2)cn1)C1CCS(=O)(=O)C1. The van der Waals surface area contributed by atoms with Crippen molar-refractivity contribution < 1.29 is 13.2 Å². The molecule has 2 fully saturated rings. The number of sulfone groups is 1. The van der Waals surface area contributed by atoms with E-state index in [-0.39, 0.29) is 29.5 Å². The molecule has 144 valence electrons. The van der Waals surface area contributed by atoms with Crippen molar-refractivity contribution in [1.29, 1.82) is 0 Å². The Morgan fingerprint density at radius 1 is 1.15 bits per heavy atom. The van der Waals surface area contributed by atoms with Gasteiger partial charge in [-0.1, -0.05) is 25.7 Å². The van der Waals surface area contributed by atoms with E-state index < -0.39 is 9.84 Å². The van der Waals surface area contributed by atoms with Crippen LogP contribution in [0.5, 0.6) is 0 Å². The van der Waals surface area contributed by atoms with Gasteiger partial charge in [0.2, 0.25) is 5.95 Å². The molecule has 2 heterocycles. The highest BCUT2D eigenvalue weighted by Gasteiger charge is 2.32. The molecule has 1 amide bonds. The molecule has 1 unspecified atom stereocenters. The summed E-state index contributed by atoms with van der Waals surface area (Å²) >= 11 is 0. The Bertz CT molecular complexity index is 712. The van der Waals surface area contributed by atoms with Crippen molar-refractivity contribution in [1.82, 2.24) is 15.3 Å². The zero-order valence-electron chi connectivity index (χ0n) is 15.4. The Labute approximate surface area is 155 Å². The molecule has 0 aromatic carbocycles. The molecule has 7 nitrogen and oxygen atoms in total. The predicted octanol–water partition coefficient (Wildman–Crippen LogP) is 1.94. The molecule has 1 N–H and O–H groups in total. The fraction of sp³-hybridized carbons (Fsp3) is 0.722. The Hall–Kier alpha value is -1.70. The van der Waals surface area contributed by atoms with Gasteiger partial charge in [0.25, 0.3) is 5.91 Å². The van der Waals surface area contributed by atoms with E-state index in [9.17, 15) is 13.2 Å². The van der Waals surface area contributed by atoms with Gasteiger partial charge < -0.3 is 10.2 Å². The van der Waals surface area contributed by atoms with Gasteiger partial charge in [0.15, 0.2) is 9.84 Å². The third-order valence-corrected chi connectivity index (χ3v) is 7.09. The number of nitrogens with zero attached hydrogens (tertiary/aromatic N) is 3. The van der Waals surface area contributed by atoms with Crippen LogP contribution in [0, 0.1) is 0 Å². The van der Waals surface area contributed by atoms with Crippen molar-refractivity contribution in [3.05, 3.63) is 18.0 Å². The number of hydrogen-bond acceptors (Lipinski definition) is 6. The van der Waals surface area contributed by atoms with E-state index in [2.05, 4.69) is 15.3 Å². The topological polar surface area (TPSA) is 92.3 Å². The maximum absolute atomic E-state index is 12.4. The minimum absolute atomic E-state index is 0.0873. The summed E-state index contributed by atoms with van der Waals surface area (Å²) in [5.41, 5.74) is 0.452. The number of anilines is 1. The second-order valence-corrected chi connectivity index (χ2v) is 9.51. The minimum Gasteiger partial charge on any atom is -0.349 e. The molecule has 0 bridgehead atoms. The van der Waals surface area contributed by atoms with Gasteiger partial charge in [-0.25, -0.2) is 18.4 Å². The predicted molar refractivity (Wildman–Crippen MR) is 101 cm³/mol. The van der Waals surface area contributed by atoms with Crippen molar-refractivity contribution in [2.75, 3.05) is 23.0 Å². The summed E-state index contributed by atoms with van der Waals surface area (Å²) in [4.78, 5) is 23.0. The molecule has 8 heteroatoms. The third-order valence-electron chi connectivity index (χ3n) is 5.34. The number of amides is 1. The minimum atomic E-state index is -2.96. The van der Waals surface area contributed by atoms with Gasteiger partial charge in [-0.15, -0.1) is 0 Å². The van der Waals surface area contributed by atoms with Gasteiger partial charge >= 0.3 is 0 Å². The van der Waals surface area contributed by atoms with Crippen LogP contribution in [0.25, 0.3) is 0 Å². The van der Waals surface area contributed by atoms with Gasteiger partial charge in [-0.05, 0) is 26.2 Å². The Morgan fingerprint density at radius 3 is 2.35 bits per heavy atom. The van der Waals surface area contributed by atoms with E-state index in [4.69, 9.17) is 0 Å². The maximum atomic E-state index is 12.4. The van der Waals surface area contributed by atoms with E-state index in [1.54, 1.807) is 12.4 Å². The van der Waals surface area contributed by atoms with Gasteiger partial charge in [-0.2, -0.15) is 0 Å².